The van der Waals surface area contributed by atoms with Gasteiger partial charge in [0.1, 0.15) is 0 Å². The van der Waals surface area contributed by atoms with E-state index in [4.69, 9.17) is 14.5 Å². The number of hydrogen-bond acceptors (Lipinski definition) is 3. The van der Waals surface area contributed by atoms with Crippen LogP contribution in [0, 0.1) is 11.3 Å². The molecule has 5 nitrogen and oxygen atoms in total. The Morgan fingerprint density at radius 3 is 2.96 bits per heavy atom. The number of rotatable bonds is 7. The molecule has 5 heteroatoms. The van der Waals surface area contributed by atoms with Gasteiger partial charge >= 0.3 is 0 Å². The molecule has 2 saturated heterocycles. The van der Waals surface area contributed by atoms with Crippen LogP contribution in [-0.2, 0) is 9.47 Å². The zero-order valence-corrected chi connectivity index (χ0v) is 14.7. The molecule has 0 aromatic heterocycles. The Morgan fingerprint density at radius 1 is 1.39 bits per heavy atom. The van der Waals surface area contributed by atoms with Crippen molar-refractivity contribution in [1.29, 1.82) is 0 Å². The SMILES string of the molecule is CCNC(=NCCCOCC1CCOC1)N1CCC2(CCC2)C1. The summed E-state index contributed by atoms with van der Waals surface area (Å²) in [6.07, 6.45) is 7.76. The normalized spacial score (nSPS) is 26.7. The molecule has 1 atom stereocenters. The second-order valence-corrected chi connectivity index (χ2v) is 7.42. The van der Waals surface area contributed by atoms with Crippen LogP contribution in [0.3, 0.4) is 0 Å². The molecule has 132 valence electrons. The lowest BCUT2D eigenvalue weighted by atomic mass is 9.68. The van der Waals surface area contributed by atoms with Gasteiger partial charge in [-0.05, 0) is 44.4 Å². The van der Waals surface area contributed by atoms with E-state index in [0.717, 1.165) is 58.3 Å². The van der Waals surface area contributed by atoms with Gasteiger partial charge in [-0.3, -0.25) is 4.99 Å². The highest BCUT2D eigenvalue weighted by molar-refractivity contribution is 5.80. The molecule has 0 aromatic rings. The third kappa shape index (κ3) is 4.60. The molecule has 1 N–H and O–H groups in total. The summed E-state index contributed by atoms with van der Waals surface area (Å²) in [6, 6.07) is 0. The van der Waals surface area contributed by atoms with Crippen LogP contribution in [0.5, 0.6) is 0 Å². The van der Waals surface area contributed by atoms with Crippen LogP contribution in [0.4, 0.5) is 0 Å². The van der Waals surface area contributed by atoms with Gasteiger partial charge in [-0.2, -0.15) is 0 Å². The quantitative estimate of drug-likeness (QED) is 0.443. The van der Waals surface area contributed by atoms with Gasteiger partial charge in [0, 0.05) is 45.3 Å². The summed E-state index contributed by atoms with van der Waals surface area (Å²) >= 11 is 0. The van der Waals surface area contributed by atoms with Crippen molar-refractivity contribution in [2.24, 2.45) is 16.3 Å². The molecule has 1 saturated carbocycles. The fourth-order valence-electron chi connectivity index (χ4n) is 3.94. The average molecular weight is 323 g/mol. The maximum Gasteiger partial charge on any atom is 0.193 e. The minimum atomic E-state index is 0.610. The lowest BCUT2D eigenvalue weighted by Gasteiger charge is -2.38. The first-order valence-corrected chi connectivity index (χ1v) is 9.50. The van der Waals surface area contributed by atoms with Gasteiger partial charge in [-0.1, -0.05) is 6.42 Å². The number of nitrogens with one attached hydrogen (secondary N) is 1. The maximum absolute atomic E-state index is 5.76. The van der Waals surface area contributed by atoms with Crippen molar-refractivity contribution < 1.29 is 9.47 Å². The minimum Gasteiger partial charge on any atom is -0.381 e. The highest BCUT2D eigenvalue weighted by atomic mass is 16.5. The molecule has 3 aliphatic rings. The summed E-state index contributed by atoms with van der Waals surface area (Å²) in [5.41, 5.74) is 0.628. The summed E-state index contributed by atoms with van der Waals surface area (Å²) in [5.74, 6) is 1.72. The summed E-state index contributed by atoms with van der Waals surface area (Å²) in [6.45, 7) is 9.76. The Kier molecular flexibility index (Phi) is 6.17. The Bertz CT molecular complexity index is 390. The zero-order chi connectivity index (χ0) is 16.0. The summed E-state index contributed by atoms with van der Waals surface area (Å²) in [7, 11) is 0. The van der Waals surface area contributed by atoms with Gasteiger partial charge in [0.2, 0.25) is 0 Å². The number of ether oxygens (including phenoxy) is 2. The number of hydrogen-bond donors (Lipinski definition) is 1. The predicted octanol–water partition coefficient (Wildman–Crippen LogP) is 2.27. The fourth-order valence-corrected chi connectivity index (χ4v) is 3.94. The van der Waals surface area contributed by atoms with Gasteiger partial charge < -0.3 is 19.7 Å². The lowest BCUT2D eigenvalue weighted by Crippen LogP contribution is -2.42. The van der Waals surface area contributed by atoms with Crippen LogP contribution in [0.1, 0.15) is 45.4 Å². The highest BCUT2D eigenvalue weighted by Gasteiger charge is 2.43. The lowest BCUT2D eigenvalue weighted by molar-refractivity contribution is 0.0893. The second kappa shape index (κ2) is 8.34. The monoisotopic (exact) mass is 323 g/mol. The first-order valence-electron chi connectivity index (χ1n) is 9.50. The molecular weight excluding hydrogens is 290 g/mol. The summed E-state index contributed by atoms with van der Waals surface area (Å²) < 4.78 is 11.1. The van der Waals surface area contributed by atoms with Crippen LogP contribution in [0.25, 0.3) is 0 Å². The molecule has 2 heterocycles. The van der Waals surface area contributed by atoms with E-state index in [-0.39, 0.29) is 0 Å². The Labute approximate surface area is 140 Å². The van der Waals surface area contributed by atoms with E-state index in [0.29, 0.717) is 11.3 Å². The molecule has 0 aromatic carbocycles. The molecule has 3 rings (SSSR count). The molecule has 1 aliphatic carbocycles. The first-order chi connectivity index (χ1) is 11.3. The molecule has 2 aliphatic heterocycles. The third-order valence-electron chi connectivity index (χ3n) is 5.57. The van der Waals surface area contributed by atoms with Crippen molar-refractivity contribution in [3.8, 4) is 0 Å². The number of likely N-dealkylation sites (tertiary alicyclic amines) is 1. The van der Waals surface area contributed by atoms with E-state index in [1.165, 1.54) is 38.8 Å². The van der Waals surface area contributed by atoms with E-state index < -0.39 is 0 Å². The Balaban J connectivity index is 1.35. The molecule has 3 fully saturated rings. The van der Waals surface area contributed by atoms with Crippen LogP contribution in [-0.4, -0.2) is 63.5 Å². The van der Waals surface area contributed by atoms with Crippen molar-refractivity contribution in [1.82, 2.24) is 10.2 Å². The minimum absolute atomic E-state index is 0.610. The van der Waals surface area contributed by atoms with Gasteiger partial charge in [0.15, 0.2) is 5.96 Å². The molecule has 23 heavy (non-hydrogen) atoms. The van der Waals surface area contributed by atoms with Crippen LogP contribution in [0.2, 0.25) is 0 Å². The average Bonchev–Trinajstić information content (AvgIpc) is 3.18. The van der Waals surface area contributed by atoms with Gasteiger partial charge in [-0.15, -0.1) is 0 Å². The highest BCUT2D eigenvalue weighted by Crippen LogP contribution is 2.47. The van der Waals surface area contributed by atoms with Crippen molar-refractivity contribution >= 4 is 5.96 Å². The van der Waals surface area contributed by atoms with Crippen molar-refractivity contribution in [2.45, 2.75) is 45.4 Å². The number of nitrogens with zero attached hydrogens (tertiary/aromatic N) is 2. The van der Waals surface area contributed by atoms with Gasteiger partial charge in [0.05, 0.1) is 13.2 Å². The molecule has 0 bridgehead atoms. The smallest absolute Gasteiger partial charge is 0.193 e. The number of guanidine groups is 1. The second-order valence-electron chi connectivity index (χ2n) is 7.42. The predicted molar refractivity (Wildman–Crippen MR) is 92.8 cm³/mol. The van der Waals surface area contributed by atoms with Gasteiger partial charge in [-0.25, -0.2) is 0 Å². The largest absolute Gasteiger partial charge is 0.381 e. The maximum atomic E-state index is 5.76. The molecular formula is C18H33N3O2. The third-order valence-corrected chi connectivity index (χ3v) is 5.57. The van der Waals surface area contributed by atoms with E-state index in [1.807, 2.05) is 0 Å². The zero-order valence-electron chi connectivity index (χ0n) is 14.7. The van der Waals surface area contributed by atoms with Crippen LogP contribution >= 0.6 is 0 Å². The molecule has 0 radical (unpaired) electrons. The number of aliphatic imine (C=N–C) groups is 1. The van der Waals surface area contributed by atoms with Crippen LogP contribution in [0.15, 0.2) is 4.99 Å². The Morgan fingerprint density at radius 2 is 2.30 bits per heavy atom. The van der Waals surface area contributed by atoms with E-state index in [9.17, 15) is 0 Å². The fraction of sp³-hybridized carbons (Fsp3) is 0.944. The standard InChI is InChI=1S/C18H33N3O2/c1-2-19-17(21-10-8-18(15-21)6-3-7-18)20-9-4-11-22-13-16-5-12-23-14-16/h16H,2-15H2,1H3,(H,19,20). The molecule has 1 spiro atoms. The summed E-state index contributed by atoms with van der Waals surface area (Å²) in [4.78, 5) is 7.29. The molecule has 1 unspecified atom stereocenters. The van der Waals surface area contributed by atoms with E-state index >= 15 is 0 Å². The van der Waals surface area contributed by atoms with Crippen LogP contribution < -0.4 is 5.32 Å². The van der Waals surface area contributed by atoms with Crippen molar-refractivity contribution in [2.75, 3.05) is 52.6 Å². The van der Waals surface area contributed by atoms with Crippen molar-refractivity contribution in [3.05, 3.63) is 0 Å². The van der Waals surface area contributed by atoms with Gasteiger partial charge in [0.25, 0.3) is 0 Å². The van der Waals surface area contributed by atoms with E-state index in [2.05, 4.69) is 17.1 Å². The topological polar surface area (TPSA) is 46.1 Å². The van der Waals surface area contributed by atoms with Crippen molar-refractivity contribution in [3.63, 3.8) is 0 Å². The first kappa shape index (κ1) is 17.0. The molecule has 0 amide bonds. The van der Waals surface area contributed by atoms with E-state index in [1.54, 1.807) is 0 Å². The summed E-state index contributed by atoms with van der Waals surface area (Å²) in [5, 5.41) is 3.46. The Hall–Kier alpha value is -0.810.